The maximum atomic E-state index is 10.4. The first-order valence-electron chi connectivity index (χ1n) is 3.95. The van der Waals surface area contributed by atoms with Gasteiger partial charge in [0, 0.05) is 34.1 Å². The Hall–Kier alpha value is 0.509. The van der Waals surface area contributed by atoms with Crippen molar-refractivity contribution in [2.24, 2.45) is 5.92 Å². The molecule has 0 spiro atoms. The van der Waals surface area contributed by atoms with E-state index in [1.54, 1.807) is 0 Å². The number of unbranched alkanes of at least 4 members (excludes halogenated alkanes) is 1. The zero-order valence-electron chi connectivity index (χ0n) is 7.47. The fourth-order valence-corrected chi connectivity index (χ4v) is 0.953. The van der Waals surface area contributed by atoms with E-state index < -0.39 is 5.97 Å². The van der Waals surface area contributed by atoms with E-state index in [9.17, 15) is 4.79 Å². The van der Waals surface area contributed by atoms with Crippen LogP contribution >= 0.6 is 0 Å². The SMILES string of the molecule is CCCCC(CC)C(=O)O.[Fe].[Fe]. The summed E-state index contributed by atoms with van der Waals surface area (Å²) >= 11 is 0. The fourth-order valence-electron chi connectivity index (χ4n) is 0.953. The van der Waals surface area contributed by atoms with Crippen molar-refractivity contribution in [3.05, 3.63) is 0 Å². The Morgan fingerprint density at radius 1 is 1.33 bits per heavy atom. The summed E-state index contributed by atoms with van der Waals surface area (Å²) in [4.78, 5) is 10.4. The number of aliphatic carboxylic acids is 1. The Bertz CT molecular complexity index is 107. The zero-order valence-corrected chi connectivity index (χ0v) is 9.68. The van der Waals surface area contributed by atoms with Crippen molar-refractivity contribution >= 4 is 5.97 Å². The molecule has 2 nitrogen and oxygen atoms in total. The molecule has 0 aromatic heterocycles. The minimum absolute atomic E-state index is 0. The number of carboxylic acids is 1. The Morgan fingerprint density at radius 2 is 1.83 bits per heavy atom. The van der Waals surface area contributed by atoms with Crippen molar-refractivity contribution in [2.45, 2.75) is 39.5 Å². The molecule has 12 heavy (non-hydrogen) atoms. The van der Waals surface area contributed by atoms with Crippen molar-refractivity contribution in [3.63, 3.8) is 0 Å². The molecule has 0 saturated carbocycles. The second-order valence-corrected chi connectivity index (χ2v) is 2.59. The summed E-state index contributed by atoms with van der Waals surface area (Å²) in [7, 11) is 0. The average Bonchev–Trinajstić information content (AvgIpc) is 1.89. The third kappa shape index (κ3) is 8.60. The molecule has 0 aliphatic heterocycles. The summed E-state index contributed by atoms with van der Waals surface area (Å²) in [6.45, 7) is 4.00. The molecule has 0 aromatic carbocycles. The first kappa shape index (κ1) is 18.3. The second kappa shape index (κ2) is 11.5. The van der Waals surface area contributed by atoms with Gasteiger partial charge in [-0.2, -0.15) is 0 Å². The van der Waals surface area contributed by atoms with E-state index in [-0.39, 0.29) is 40.1 Å². The molecule has 0 amide bonds. The number of hydrogen-bond donors (Lipinski definition) is 1. The van der Waals surface area contributed by atoms with Crippen LogP contribution < -0.4 is 0 Å². The predicted molar refractivity (Wildman–Crippen MR) is 40.9 cm³/mol. The number of hydrogen-bond acceptors (Lipinski definition) is 1. The molecule has 1 atom stereocenters. The minimum Gasteiger partial charge on any atom is -0.481 e. The quantitative estimate of drug-likeness (QED) is 0.766. The Morgan fingerprint density at radius 3 is 2.08 bits per heavy atom. The summed E-state index contributed by atoms with van der Waals surface area (Å²) in [5.41, 5.74) is 0. The van der Waals surface area contributed by atoms with Gasteiger partial charge in [-0.1, -0.05) is 26.7 Å². The number of carboxylic acid groups (broad SMARTS) is 1. The third-order valence-corrected chi connectivity index (χ3v) is 1.75. The summed E-state index contributed by atoms with van der Waals surface area (Å²) in [6, 6.07) is 0. The van der Waals surface area contributed by atoms with Crippen LogP contribution in [0.3, 0.4) is 0 Å². The van der Waals surface area contributed by atoms with Gasteiger partial charge in [0.25, 0.3) is 0 Å². The molecule has 0 fully saturated rings. The maximum Gasteiger partial charge on any atom is 0.306 e. The van der Waals surface area contributed by atoms with Crippen molar-refractivity contribution in [2.75, 3.05) is 0 Å². The van der Waals surface area contributed by atoms with Gasteiger partial charge in [-0.3, -0.25) is 4.79 Å². The number of rotatable bonds is 5. The van der Waals surface area contributed by atoms with Crippen LogP contribution in [-0.4, -0.2) is 11.1 Å². The van der Waals surface area contributed by atoms with Gasteiger partial charge in [0.1, 0.15) is 0 Å². The maximum absolute atomic E-state index is 10.4. The van der Waals surface area contributed by atoms with Gasteiger partial charge >= 0.3 is 5.97 Å². The molecular weight excluding hydrogens is 240 g/mol. The topological polar surface area (TPSA) is 37.3 Å². The van der Waals surface area contributed by atoms with Gasteiger partial charge in [0.15, 0.2) is 0 Å². The van der Waals surface area contributed by atoms with Crippen LogP contribution in [0.4, 0.5) is 0 Å². The van der Waals surface area contributed by atoms with Crippen LogP contribution in [0.1, 0.15) is 39.5 Å². The summed E-state index contributed by atoms with van der Waals surface area (Å²) in [5, 5.41) is 8.60. The molecule has 76 valence electrons. The zero-order chi connectivity index (χ0) is 7.98. The molecule has 0 aliphatic carbocycles. The molecule has 0 aromatic rings. The fraction of sp³-hybridized carbons (Fsp3) is 0.875. The van der Waals surface area contributed by atoms with E-state index in [0.29, 0.717) is 0 Å². The second-order valence-electron chi connectivity index (χ2n) is 2.59. The van der Waals surface area contributed by atoms with Crippen LogP contribution in [0, 0.1) is 5.92 Å². The first-order valence-corrected chi connectivity index (χ1v) is 3.95. The van der Waals surface area contributed by atoms with Crippen molar-refractivity contribution < 1.29 is 44.0 Å². The molecule has 0 radical (unpaired) electrons. The Balaban J connectivity index is -0.000000405. The van der Waals surface area contributed by atoms with Gasteiger partial charge in [-0.25, -0.2) is 0 Å². The average molecular weight is 256 g/mol. The van der Waals surface area contributed by atoms with E-state index in [2.05, 4.69) is 6.92 Å². The molecule has 4 heteroatoms. The number of carbonyl (C=O) groups is 1. The molecule has 0 saturated heterocycles. The van der Waals surface area contributed by atoms with E-state index in [1.165, 1.54) is 0 Å². The monoisotopic (exact) mass is 256 g/mol. The molecule has 0 rings (SSSR count). The molecule has 0 aliphatic rings. The van der Waals surface area contributed by atoms with Gasteiger partial charge in [-0.15, -0.1) is 0 Å². The van der Waals surface area contributed by atoms with Crippen LogP contribution in [-0.2, 0) is 38.9 Å². The van der Waals surface area contributed by atoms with Crippen LogP contribution in [0.5, 0.6) is 0 Å². The van der Waals surface area contributed by atoms with E-state index in [1.807, 2.05) is 6.92 Å². The van der Waals surface area contributed by atoms with E-state index in [0.717, 1.165) is 25.7 Å². The summed E-state index contributed by atoms with van der Waals surface area (Å²) in [6.07, 6.45) is 3.71. The van der Waals surface area contributed by atoms with Crippen LogP contribution in [0.25, 0.3) is 0 Å². The summed E-state index contributed by atoms with van der Waals surface area (Å²) < 4.78 is 0. The van der Waals surface area contributed by atoms with E-state index >= 15 is 0 Å². The third-order valence-electron chi connectivity index (χ3n) is 1.75. The van der Waals surface area contributed by atoms with Crippen molar-refractivity contribution in [1.29, 1.82) is 0 Å². The molecule has 1 unspecified atom stereocenters. The van der Waals surface area contributed by atoms with Crippen LogP contribution in [0.15, 0.2) is 0 Å². The van der Waals surface area contributed by atoms with Gasteiger partial charge in [-0.05, 0) is 12.8 Å². The van der Waals surface area contributed by atoms with Crippen LogP contribution in [0.2, 0.25) is 0 Å². The molecular formula is C8H16Fe2O2. The van der Waals surface area contributed by atoms with Gasteiger partial charge in [0.2, 0.25) is 0 Å². The van der Waals surface area contributed by atoms with Gasteiger partial charge in [0.05, 0.1) is 5.92 Å². The minimum atomic E-state index is -0.643. The Kier molecular flexibility index (Phi) is 17.6. The standard InChI is InChI=1S/C8H16O2.2Fe/c1-3-5-6-7(4-2)8(9)10;;/h7H,3-6H2,1-2H3,(H,9,10);;. The normalized spacial score (nSPS) is 10.8. The molecule has 0 heterocycles. The van der Waals surface area contributed by atoms with Crippen molar-refractivity contribution in [1.82, 2.24) is 0 Å². The van der Waals surface area contributed by atoms with Crippen molar-refractivity contribution in [3.8, 4) is 0 Å². The smallest absolute Gasteiger partial charge is 0.306 e. The largest absolute Gasteiger partial charge is 0.481 e. The Labute approximate surface area is 95.4 Å². The molecule has 0 bridgehead atoms. The summed E-state index contributed by atoms with van der Waals surface area (Å²) in [5.74, 6) is -0.754. The molecule has 1 N–H and O–H groups in total. The first-order chi connectivity index (χ1) is 4.72. The predicted octanol–water partition coefficient (Wildman–Crippen LogP) is 2.28. The van der Waals surface area contributed by atoms with Gasteiger partial charge < -0.3 is 5.11 Å². The van der Waals surface area contributed by atoms with E-state index in [4.69, 9.17) is 5.11 Å².